The smallest absolute Gasteiger partial charge is 0.157 e. The first-order valence-corrected chi connectivity index (χ1v) is 12.4. The number of hydrogen-bond donors (Lipinski definition) is 2. The summed E-state index contributed by atoms with van der Waals surface area (Å²) in [7, 11) is 4.06. The monoisotopic (exact) mass is 502 g/mol. The molecule has 38 heavy (non-hydrogen) atoms. The summed E-state index contributed by atoms with van der Waals surface area (Å²) >= 11 is 0. The normalized spacial score (nSPS) is 11.4. The summed E-state index contributed by atoms with van der Waals surface area (Å²) in [5.74, 6) is 2.14. The summed E-state index contributed by atoms with van der Waals surface area (Å²) in [5.41, 5.74) is 7.63. The molecule has 0 amide bonds. The van der Waals surface area contributed by atoms with Gasteiger partial charge in [0.15, 0.2) is 5.82 Å². The van der Waals surface area contributed by atoms with Gasteiger partial charge in [0.2, 0.25) is 0 Å². The summed E-state index contributed by atoms with van der Waals surface area (Å²) < 4.78 is 0. The molecular formula is C30H30N8. The van der Waals surface area contributed by atoms with Crippen molar-refractivity contribution in [1.82, 2.24) is 19.9 Å². The van der Waals surface area contributed by atoms with E-state index < -0.39 is 0 Å². The highest BCUT2D eigenvalue weighted by Crippen LogP contribution is 2.28. The van der Waals surface area contributed by atoms with Crippen molar-refractivity contribution in [2.75, 3.05) is 29.6 Å². The number of fused-ring (bicyclic) bond motifs is 1. The van der Waals surface area contributed by atoms with Gasteiger partial charge in [-0.25, -0.2) is 15.0 Å². The van der Waals surface area contributed by atoms with E-state index >= 15 is 0 Å². The Morgan fingerprint density at radius 2 is 1.63 bits per heavy atom. The summed E-state index contributed by atoms with van der Waals surface area (Å²) in [6.45, 7) is 5.93. The van der Waals surface area contributed by atoms with Gasteiger partial charge in [0.1, 0.15) is 11.6 Å². The van der Waals surface area contributed by atoms with Crippen LogP contribution in [0.3, 0.4) is 0 Å². The van der Waals surface area contributed by atoms with Gasteiger partial charge in [-0.3, -0.25) is 9.97 Å². The standard InChI is InChI=1S/C30H30N8/c1-19-6-10-29(35-23-12-14-31-20(2)16-23)37-30(19)34-21(3)22-7-11-28(33-18-22)36-27-13-15-32-26-9-8-24(38(4)5)17-25(26)27/h6-18H,1-5H3,(H,31,35,37)(H,32,33,36). The van der Waals surface area contributed by atoms with Crippen molar-refractivity contribution in [1.29, 1.82) is 0 Å². The van der Waals surface area contributed by atoms with Crippen LogP contribution in [0, 0.1) is 13.8 Å². The van der Waals surface area contributed by atoms with E-state index in [1.807, 2.05) is 89.6 Å². The second kappa shape index (κ2) is 10.6. The third kappa shape index (κ3) is 5.59. The van der Waals surface area contributed by atoms with Crippen molar-refractivity contribution in [3.63, 3.8) is 0 Å². The maximum atomic E-state index is 4.81. The van der Waals surface area contributed by atoms with E-state index in [4.69, 9.17) is 9.98 Å². The minimum atomic E-state index is 0.667. The largest absolute Gasteiger partial charge is 0.378 e. The van der Waals surface area contributed by atoms with Crippen LogP contribution in [0.5, 0.6) is 0 Å². The van der Waals surface area contributed by atoms with Crippen LogP contribution in [0.2, 0.25) is 0 Å². The zero-order valence-corrected chi connectivity index (χ0v) is 22.2. The van der Waals surface area contributed by atoms with Crippen LogP contribution in [-0.4, -0.2) is 39.7 Å². The van der Waals surface area contributed by atoms with E-state index in [9.17, 15) is 0 Å². The van der Waals surface area contributed by atoms with Gasteiger partial charge in [-0.1, -0.05) is 6.07 Å². The van der Waals surface area contributed by atoms with Crippen LogP contribution < -0.4 is 15.5 Å². The van der Waals surface area contributed by atoms with E-state index in [1.54, 1.807) is 12.4 Å². The Bertz CT molecular complexity index is 1620. The number of benzene rings is 1. The molecule has 2 N–H and O–H groups in total. The molecule has 5 rings (SSSR count). The fourth-order valence-electron chi connectivity index (χ4n) is 4.04. The summed E-state index contributed by atoms with van der Waals surface area (Å²) in [6.07, 6.45) is 5.41. The molecule has 4 aromatic heterocycles. The number of rotatable bonds is 7. The first-order valence-electron chi connectivity index (χ1n) is 12.4. The molecule has 190 valence electrons. The van der Waals surface area contributed by atoms with Gasteiger partial charge in [0.05, 0.1) is 11.2 Å². The SMILES string of the molecule is CC(=Nc1nc(Nc2ccnc(C)c2)ccc1C)c1ccc(Nc2ccnc3ccc(N(C)C)cc23)nc1. The number of nitrogens with one attached hydrogen (secondary N) is 2. The third-order valence-electron chi connectivity index (χ3n) is 6.20. The minimum absolute atomic E-state index is 0.667. The lowest BCUT2D eigenvalue weighted by atomic mass is 10.1. The average molecular weight is 503 g/mol. The first-order chi connectivity index (χ1) is 18.4. The van der Waals surface area contributed by atoms with Crippen molar-refractivity contribution in [3.05, 3.63) is 96.1 Å². The second-order valence-electron chi connectivity index (χ2n) is 9.36. The van der Waals surface area contributed by atoms with Crippen LogP contribution >= 0.6 is 0 Å². The molecule has 0 unspecified atom stereocenters. The van der Waals surface area contributed by atoms with Crippen molar-refractivity contribution >= 4 is 51.1 Å². The van der Waals surface area contributed by atoms with Crippen LogP contribution in [0.4, 0.5) is 34.5 Å². The molecule has 0 fully saturated rings. The molecule has 1 aromatic carbocycles. The van der Waals surface area contributed by atoms with Gasteiger partial charge in [-0.15, -0.1) is 0 Å². The number of pyridine rings is 4. The molecule has 0 saturated carbocycles. The number of aryl methyl sites for hydroxylation is 2. The third-order valence-corrected chi connectivity index (χ3v) is 6.20. The molecular weight excluding hydrogens is 472 g/mol. The summed E-state index contributed by atoms with van der Waals surface area (Å²) in [6, 6.07) is 20.0. The Morgan fingerprint density at radius 3 is 2.39 bits per heavy atom. The maximum Gasteiger partial charge on any atom is 0.157 e. The zero-order chi connectivity index (χ0) is 26.6. The van der Waals surface area contributed by atoms with Gasteiger partial charge in [-0.05, 0) is 80.9 Å². The summed E-state index contributed by atoms with van der Waals surface area (Å²) in [4.78, 5) is 25.0. The maximum absolute atomic E-state index is 4.81. The number of aromatic nitrogens is 4. The lowest BCUT2D eigenvalue weighted by Crippen LogP contribution is -2.08. The molecule has 8 nitrogen and oxygen atoms in total. The van der Waals surface area contributed by atoms with Gasteiger partial charge in [0.25, 0.3) is 0 Å². The highest BCUT2D eigenvalue weighted by Gasteiger charge is 2.08. The quantitative estimate of drug-likeness (QED) is 0.238. The molecule has 4 heterocycles. The lowest BCUT2D eigenvalue weighted by molar-refractivity contribution is 1.13. The van der Waals surface area contributed by atoms with Gasteiger partial charge < -0.3 is 15.5 Å². The van der Waals surface area contributed by atoms with E-state index in [0.29, 0.717) is 5.82 Å². The van der Waals surface area contributed by atoms with E-state index in [0.717, 1.165) is 62.1 Å². The molecule has 8 heteroatoms. The second-order valence-corrected chi connectivity index (χ2v) is 9.36. The van der Waals surface area contributed by atoms with Crippen molar-refractivity contribution in [2.45, 2.75) is 20.8 Å². The fourth-order valence-corrected chi connectivity index (χ4v) is 4.04. The highest BCUT2D eigenvalue weighted by molar-refractivity contribution is 6.00. The van der Waals surface area contributed by atoms with E-state index in [1.165, 1.54) is 0 Å². The average Bonchev–Trinajstić information content (AvgIpc) is 2.91. The topological polar surface area (TPSA) is 91.2 Å². The Morgan fingerprint density at radius 1 is 0.816 bits per heavy atom. The Balaban J connectivity index is 1.35. The number of hydrogen-bond acceptors (Lipinski definition) is 8. The lowest BCUT2D eigenvalue weighted by Gasteiger charge is -2.15. The molecule has 0 radical (unpaired) electrons. The molecule has 5 aromatic rings. The van der Waals surface area contributed by atoms with Gasteiger partial charge in [-0.2, -0.15) is 0 Å². The molecule has 0 aliphatic rings. The Hall–Kier alpha value is -4.85. The molecule has 0 bridgehead atoms. The van der Waals surface area contributed by atoms with Gasteiger partial charge in [0, 0.05) is 66.4 Å². The van der Waals surface area contributed by atoms with Crippen molar-refractivity contribution in [3.8, 4) is 0 Å². The van der Waals surface area contributed by atoms with Gasteiger partial charge >= 0.3 is 0 Å². The van der Waals surface area contributed by atoms with Crippen LogP contribution in [0.15, 0.2) is 84.2 Å². The van der Waals surface area contributed by atoms with Crippen LogP contribution in [-0.2, 0) is 0 Å². The molecule has 0 saturated heterocycles. The number of nitrogens with zero attached hydrogens (tertiary/aromatic N) is 6. The summed E-state index contributed by atoms with van der Waals surface area (Å²) in [5, 5.41) is 7.81. The fraction of sp³-hybridized carbons (Fsp3) is 0.167. The molecule has 0 aliphatic carbocycles. The molecule has 0 spiro atoms. The predicted octanol–water partition coefficient (Wildman–Crippen LogP) is 6.73. The van der Waals surface area contributed by atoms with Crippen LogP contribution in [0.25, 0.3) is 10.9 Å². The Labute approximate surface area is 222 Å². The highest BCUT2D eigenvalue weighted by atomic mass is 15.1. The van der Waals surface area contributed by atoms with Crippen LogP contribution in [0.1, 0.15) is 23.7 Å². The first kappa shape index (κ1) is 24.8. The van der Waals surface area contributed by atoms with Crippen molar-refractivity contribution in [2.24, 2.45) is 4.99 Å². The van der Waals surface area contributed by atoms with E-state index in [2.05, 4.69) is 42.6 Å². The number of aliphatic imine (C=N–C) groups is 1. The van der Waals surface area contributed by atoms with Crippen molar-refractivity contribution < 1.29 is 0 Å². The molecule has 0 aliphatic heterocycles. The zero-order valence-electron chi connectivity index (χ0n) is 22.2. The number of anilines is 5. The predicted molar refractivity (Wildman–Crippen MR) is 157 cm³/mol. The minimum Gasteiger partial charge on any atom is -0.378 e. The molecule has 0 atom stereocenters. The van der Waals surface area contributed by atoms with E-state index in [-0.39, 0.29) is 0 Å². The Kier molecular flexibility index (Phi) is 6.95.